The highest BCUT2D eigenvalue weighted by molar-refractivity contribution is 7.98. The van der Waals surface area contributed by atoms with E-state index >= 15 is 0 Å². The lowest BCUT2D eigenvalue weighted by molar-refractivity contribution is -0.137. The van der Waals surface area contributed by atoms with Gasteiger partial charge in [-0.2, -0.15) is 0 Å². The van der Waals surface area contributed by atoms with Gasteiger partial charge < -0.3 is 10.4 Å². The molecule has 1 aromatic carbocycles. The van der Waals surface area contributed by atoms with Gasteiger partial charge in [-0.15, -0.1) is 11.8 Å². The van der Waals surface area contributed by atoms with E-state index in [2.05, 4.69) is 35.8 Å². The predicted molar refractivity (Wildman–Crippen MR) is 71.5 cm³/mol. The number of benzene rings is 1. The molecule has 0 aromatic heterocycles. The summed E-state index contributed by atoms with van der Waals surface area (Å²) in [6.45, 7) is 0. The van der Waals surface area contributed by atoms with Gasteiger partial charge in [0.25, 0.3) is 0 Å². The van der Waals surface area contributed by atoms with Crippen molar-refractivity contribution >= 4 is 17.7 Å². The third-order valence-electron chi connectivity index (χ3n) is 2.75. The van der Waals surface area contributed by atoms with Crippen LogP contribution in [0, 0.1) is 0 Å². The van der Waals surface area contributed by atoms with E-state index < -0.39 is 5.97 Å². The second-order valence-electron chi connectivity index (χ2n) is 3.90. The number of aliphatic carboxylic acids is 1. The molecule has 3 nitrogen and oxygen atoms in total. The van der Waals surface area contributed by atoms with Crippen molar-refractivity contribution in [2.75, 3.05) is 13.3 Å². The highest BCUT2D eigenvalue weighted by atomic mass is 32.2. The van der Waals surface area contributed by atoms with E-state index in [1.807, 2.05) is 7.05 Å². The Bertz CT molecular complexity index is 351. The second-order valence-corrected chi connectivity index (χ2v) is 4.78. The minimum absolute atomic E-state index is 0.237. The summed E-state index contributed by atoms with van der Waals surface area (Å²) in [5, 5.41) is 11.8. The molecule has 0 amide bonds. The predicted octanol–water partition coefficient (Wildman–Crippen LogP) is 2.92. The molecule has 0 heterocycles. The molecule has 17 heavy (non-hydrogen) atoms. The number of carboxylic acid groups (broad SMARTS) is 1. The van der Waals surface area contributed by atoms with E-state index in [9.17, 15) is 4.79 Å². The minimum Gasteiger partial charge on any atom is -0.481 e. The Hall–Kier alpha value is -1.00. The zero-order chi connectivity index (χ0) is 12.7. The molecule has 94 valence electrons. The number of carbonyl (C=O) groups is 1. The molecule has 1 rings (SSSR count). The molecule has 0 saturated carbocycles. The molecule has 1 aromatic rings. The maximum Gasteiger partial charge on any atom is 0.303 e. The van der Waals surface area contributed by atoms with E-state index in [4.69, 9.17) is 5.11 Å². The molecule has 2 N–H and O–H groups in total. The van der Waals surface area contributed by atoms with Gasteiger partial charge >= 0.3 is 5.97 Å². The third-order valence-corrected chi connectivity index (χ3v) is 3.49. The molecule has 0 aliphatic rings. The number of rotatable bonds is 7. The maximum absolute atomic E-state index is 10.5. The highest BCUT2D eigenvalue weighted by Gasteiger charge is 2.09. The summed E-state index contributed by atoms with van der Waals surface area (Å²) in [7, 11) is 1.91. The van der Waals surface area contributed by atoms with Crippen LogP contribution in [0.5, 0.6) is 0 Å². The Morgan fingerprint density at radius 2 is 2.06 bits per heavy atom. The fraction of sp³-hybridized carbons (Fsp3) is 0.462. The summed E-state index contributed by atoms with van der Waals surface area (Å²) in [6, 6.07) is 8.65. The average Bonchev–Trinajstić information content (AvgIpc) is 2.34. The standard InChI is InChI=1S/C13H19NO2S/c1-14-12(4-3-5-13(15)16)10-6-8-11(17-2)9-7-10/h6-9,12,14H,3-5H2,1-2H3,(H,15,16). The van der Waals surface area contributed by atoms with Crippen molar-refractivity contribution in [3.63, 3.8) is 0 Å². The Morgan fingerprint density at radius 3 is 2.53 bits per heavy atom. The molecule has 0 fully saturated rings. The van der Waals surface area contributed by atoms with Crippen molar-refractivity contribution in [1.82, 2.24) is 5.32 Å². The summed E-state index contributed by atoms with van der Waals surface area (Å²) < 4.78 is 0. The monoisotopic (exact) mass is 253 g/mol. The molecule has 0 aliphatic carbocycles. The van der Waals surface area contributed by atoms with E-state index in [0.29, 0.717) is 6.42 Å². The average molecular weight is 253 g/mol. The van der Waals surface area contributed by atoms with Crippen LogP contribution in [0.15, 0.2) is 29.2 Å². The first-order valence-electron chi connectivity index (χ1n) is 5.70. The molecule has 4 heteroatoms. The van der Waals surface area contributed by atoms with Crippen LogP contribution >= 0.6 is 11.8 Å². The number of hydrogen-bond acceptors (Lipinski definition) is 3. The van der Waals surface area contributed by atoms with Crippen LogP contribution in [0.25, 0.3) is 0 Å². The first kappa shape index (κ1) is 14.1. The van der Waals surface area contributed by atoms with Gasteiger partial charge in [-0.3, -0.25) is 4.79 Å². The molecular weight excluding hydrogens is 234 g/mol. The van der Waals surface area contributed by atoms with Crippen molar-refractivity contribution in [3.8, 4) is 0 Å². The lowest BCUT2D eigenvalue weighted by atomic mass is 10.0. The van der Waals surface area contributed by atoms with Crippen LogP contribution in [-0.4, -0.2) is 24.4 Å². The van der Waals surface area contributed by atoms with Gasteiger partial charge in [0, 0.05) is 17.4 Å². The number of carboxylic acids is 1. The Balaban J connectivity index is 2.56. The summed E-state index contributed by atoms with van der Waals surface area (Å²) in [4.78, 5) is 11.7. The van der Waals surface area contributed by atoms with Gasteiger partial charge in [0.15, 0.2) is 0 Å². The van der Waals surface area contributed by atoms with Crippen molar-refractivity contribution in [3.05, 3.63) is 29.8 Å². The molecule has 0 radical (unpaired) electrons. The summed E-state index contributed by atoms with van der Waals surface area (Å²) in [5.74, 6) is -0.724. The summed E-state index contributed by atoms with van der Waals surface area (Å²) >= 11 is 1.72. The number of thioether (sulfide) groups is 1. The quantitative estimate of drug-likeness (QED) is 0.734. The largest absolute Gasteiger partial charge is 0.481 e. The van der Waals surface area contributed by atoms with Gasteiger partial charge in [0.2, 0.25) is 0 Å². The molecule has 1 unspecified atom stereocenters. The number of hydrogen-bond donors (Lipinski definition) is 2. The fourth-order valence-corrected chi connectivity index (χ4v) is 2.18. The van der Waals surface area contributed by atoms with Gasteiger partial charge in [0.05, 0.1) is 0 Å². The third kappa shape index (κ3) is 4.79. The Morgan fingerprint density at radius 1 is 1.41 bits per heavy atom. The van der Waals surface area contributed by atoms with Crippen molar-refractivity contribution < 1.29 is 9.90 Å². The zero-order valence-corrected chi connectivity index (χ0v) is 11.1. The van der Waals surface area contributed by atoms with Gasteiger partial charge in [-0.1, -0.05) is 12.1 Å². The van der Waals surface area contributed by atoms with Crippen molar-refractivity contribution in [2.45, 2.75) is 30.2 Å². The first-order chi connectivity index (χ1) is 8.17. The smallest absolute Gasteiger partial charge is 0.303 e. The Labute approximate surface area is 107 Å². The normalized spacial score (nSPS) is 12.4. The minimum atomic E-state index is -0.724. The molecule has 0 saturated heterocycles. The lowest BCUT2D eigenvalue weighted by Gasteiger charge is -2.16. The van der Waals surface area contributed by atoms with Crippen LogP contribution in [0.4, 0.5) is 0 Å². The van der Waals surface area contributed by atoms with E-state index in [1.165, 1.54) is 10.5 Å². The van der Waals surface area contributed by atoms with Crippen LogP contribution in [0.2, 0.25) is 0 Å². The maximum atomic E-state index is 10.5. The van der Waals surface area contributed by atoms with E-state index in [-0.39, 0.29) is 12.5 Å². The summed E-state index contributed by atoms with van der Waals surface area (Å²) in [6.07, 6.45) is 3.84. The molecule has 1 atom stereocenters. The molecule has 0 bridgehead atoms. The molecule has 0 aliphatic heterocycles. The van der Waals surface area contributed by atoms with E-state index in [0.717, 1.165) is 6.42 Å². The Kier molecular flexibility index (Phi) is 6.08. The van der Waals surface area contributed by atoms with Gasteiger partial charge in [0.1, 0.15) is 0 Å². The summed E-state index contributed by atoms with van der Waals surface area (Å²) in [5.41, 5.74) is 1.22. The van der Waals surface area contributed by atoms with Gasteiger partial charge in [-0.05, 0) is 43.8 Å². The topological polar surface area (TPSA) is 49.3 Å². The zero-order valence-electron chi connectivity index (χ0n) is 10.3. The molecule has 0 spiro atoms. The van der Waals surface area contributed by atoms with Crippen LogP contribution in [-0.2, 0) is 4.79 Å². The van der Waals surface area contributed by atoms with Crippen molar-refractivity contribution in [2.24, 2.45) is 0 Å². The SMILES string of the molecule is CNC(CCCC(=O)O)c1ccc(SC)cc1. The van der Waals surface area contributed by atoms with Gasteiger partial charge in [-0.25, -0.2) is 0 Å². The number of nitrogens with one attached hydrogen (secondary N) is 1. The van der Waals surface area contributed by atoms with Crippen LogP contribution < -0.4 is 5.32 Å². The lowest BCUT2D eigenvalue weighted by Crippen LogP contribution is -2.16. The fourth-order valence-electron chi connectivity index (χ4n) is 1.77. The van der Waals surface area contributed by atoms with Crippen molar-refractivity contribution in [1.29, 1.82) is 0 Å². The second kappa shape index (κ2) is 7.35. The van der Waals surface area contributed by atoms with Crippen LogP contribution in [0.3, 0.4) is 0 Å². The first-order valence-corrected chi connectivity index (χ1v) is 6.93. The van der Waals surface area contributed by atoms with E-state index in [1.54, 1.807) is 11.8 Å². The molecular formula is C13H19NO2S. The highest BCUT2D eigenvalue weighted by Crippen LogP contribution is 2.22. The van der Waals surface area contributed by atoms with Crippen LogP contribution in [0.1, 0.15) is 30.9 Å².